The van der Waals surface area contributed by atoms with Gasteiger partial charge in [0.05, 0.1) is 24.9 Å². The molecule has 6 nitrogen and oxygen atoms in total. The van der Waals surface area contributed by atoms with Crippen molar-refractivity contribution in [3.8, 4) is 11.9 Å². The topological polar surface area (TPSA) is 66.4 Å². The van der Waals surface area contributed by atoms with E-state index in [0.29, 0.717) is 29.7 Å². The molecule has 0 saturated heterocycles. The molecule has 0 N–H and O–H groups in total. The predicted octanol–water partition coefficient (Wildman–Crippen LogP) is 4.37. The number of nitrogens with zero attached hydrogens (tertiary/aromatic N) is 5. The minimum Gasteiger partial charge on any atom is -0.477 e. The van der Waals surface area contributed by atoms with Gasteiger partial charge >= 0.3 is 0 Å². The number of aromatic nitrogens is 2. The molecule has 0 radical (unpaired) electrons. The molecule has 0 aliphatic heterocycles. The van der Waals surface area contributed by atoms with Gasteiger partial charge in [0.25, 0.3) is 5.70 Å². The first-order valence-electron chi connectivity index (χ1n) is 8.86. The molecule has 1 aromatic rings. The molecule has 25 heavy (non-hydrogen) atoms. The number of rotatable bonds is 10. The predicted molar refractivity (Wildman–Crippen MR) is 100 cm³/mol. The van der Waals surface area contributed by atoms with Crippen molar-refractivity contribution in [3.05, 3.63) is 28.4 Å². The monoisotopic (exact) mass is 341 g/mol. The fraction of sp³-hybridized carbons (Fsp3) is 0.579. The number of aryl methyl sites for hydroxylation is 1. The van der Waals surface area contributed by atoms with Crippen LogP contribution in [0.5, 0.6) is 5.88 Å². The smallest absolute Gasteiger partial charge is 0.262 e. The Labute approximate surface area is 151 Å². The van der Waals surface area contributed by atoms with Crippen LogP contribution >= 0.6 is 0 Å². The Balaban J connectivity index is 3.32. The molecule has 0 atom stereocenters. The lowest BCUT2D eigenvalue weighted by atomic mass is 10.2. The molecule has 0 spiro atoms. The van der Waals surface area contributed by atoms with Gasteiger partial charge in [-0.2, -0.15) is 4.98 Å². The van der Waals surface area contributed by atoms with Gasteiger partial charge in [-0.1, -0.05) is 26.7 Å². The maximum Gasteiger partial charge on any atom is 0.262 e. The average molecular weight is 341 g/mol. The van der Waals surface area contributed by atoms with E-state index in [1.807, 2.05) is 19.9 Å². The van der Waals surface area contributed by atoms with Gasteiger partial charge in [0.1, 0.15) is 0 Å². The Morgan fingerprint density at radius 2 is 1.88 bits per heavy atom. The summed E-state index contributed by atoms with van der Waals surface area (Å²) in [5, 5.41) is 9.01. The summed E-state index contributed by atoms with van der Waals surface area (Å²) in [6.07, 6.45) is 5.87. The Kier molecular flexibility index (Phi) is 9.03. The number of nitriles is 1. The molecular formula is C19H27N5O. The fourth-order valence-electron chi connectivity index (χ4n) is 2.33. The maximum atomic E-state index is 9.01. The van der Waals surface area contributed by atoms with Crippen LogP contribution in [0.4, 0.5) is 5.95 Å². The summed E-state index contributed by atoms with van der Waals surface area (Å²) < 4.78 is 5.67. The van der Waals surface area contributed by atoms with E-state index >= 15 is 0 Å². The molecule has 0 amide bonds. The van der Waals surface area contributed by atoms with Crippen LogP contribution in [0, 0.1) is 24.8 Å². The van der Waals surface area contributed by atoms with Gasteiger partial charge in [-0.15, -0.1) is 0 Å². The summed E-state index contributed by atoms with van der Waals surface area (Å²) in [6.45, 7) is 17.4. The second-order valence-electron chi connectivity index (χ2n) is 5.71. The number of unbranched alkanes of at least 4 members (excludes halogenated alkanes) is 2. The summed E-state index contributed by atoms with van der Waals surface area (Å²) in [4.78, 5) is 14.6. The summed E-state index contributed by atoms with van der Waals surface area (Å²) >= 11 is 0. The minimum absolute atomic E-state index is 0.00535. The first kappa shape index (κ1) is 20.4. The van der Waals surface area contributed by atoms with Gasteiger partial charge in [0, 0.05) is 18.7 Å². The second-order valence-corrected chi connectivity index (χ2v) is 5.71. The molecule has 1 aromatic heterocycles. The van der Waals surface area contributed by atoms with Crippen LogP contribution in [0.2, 0.25) is 0 Å². The van der Waals surface area contributed by atoms with Crippen LogP contribution < -0.4 is 9.64 Å². The number of anilines is 1. The summed E-state index contributed by atoms with van der Waals surface area (Å²) in [5.41, 5.74) is 1.31. The van der Waals surface area contributed by atoms with Gasteiger partial charge < -0.3 is 9.64 Å². The molecule has 0 saturated carbocycles. The van der Waals surface area contributed by atoms with E-state index in [1.165, 1.54) is 6.08 Å². The van der Waals surface area contributed by atoms with E-state index in [4.69, 9.17) is 16.6 Å². The van der Waals surface area contributed by atoms with Crippen molar-refractivity contribution in [3.63, 3.8) is 0 Å². The molecule has 1 rings (SSSR count). The van der Waals surface area contributed by atoms with Gasteiger partial charge in [0.2, 0.25) is 11.8 Å². The van der Waals surface area contributed by atoms with Crippen LogP contribution in [0.3, 0.4) is 0 Å². The zero-order chi connectivity index (χ0) is 18.7. The highest BCUT2D eigenvalue weighted by molar-refractivity contribution is 5.65. The third kappa shape index (κ3) is 6.08. The summed E-state index contributed by atoms with van der Waals surface area (Å²) in [6, 6.07) is 1.88. The molecule has 134 valence electrons. The zero-order valence-corrected chi connectivity index (χ0v) is 15.7. The molecule has 0 aliphatic rings. The molecule has 0 unspecified atom stereocenters. The molecular weight excluding hydrogens is 314 g/mol. The number of hydrogen-bond donors (Lipinski definition) is 0. The van der Waals surface area contributed by atoms with E-state index in [2.05, 4.69) is 33.6 Å². The van der Waals surface area contributed by atoms with Crippen LogP contribution in [-0.4, -0.2) is 29.7 Å². The van der Waals surface area contributed by atoms with Crippen molar-refractivity contribution < 1.29 is 4.74 Å². The van der Waals surface area contributed by atoms with Crippen LogP contribution in [0.1, 0.15) is 57.7 Å². The van der Waals surface area contributed by atoms with E-state index in [0.717, 1.165) is 38.8 Å². The number of allylic oxidation sites excluding steroid dienone is 1. The number of ether oxygens (including phenoxy) is 1. The van der Waals surface area contributed by atoms with Gasteiger partial charge in [0.15, 0.2) is 0 Å². The van der Waals surface area contributed by atoms with Gasteiger partial charge in [-0.05, 0) is 32.8 Å². The largest absolute Gasteiger partial charge is 0.477 e. The molecule has 1 heterocycles. The first-order valence-corrected chi connectivity index (χ1v) is 8.86. The van der Waals surface area contributed by atoms with Gasteiger partial charge in [-0.3, -0.25) is 0 Å². The number of hydrogen-bond acceptors (Lipinski definition) is 5. The van der Waals surface area contributed by atoms with Crippen molar-refractivity contribution >= 4 is 12.0 Å². The summed E-state index contributed by atoms with van der Waals surface area (Å²) in [5.74, 6) is 1.08. The van der Waals surface area contributed by atoms with Crippen LogP contribution in [0.25, 0.3) is 10.9 Å². The highest BCUT2D eigenvalue weighted by Crippen LogP contribution is 2.25. The second kappa shape index (κ2) is 11.0. The SMILES string of the molecule is [C-]#[N+]/C(C#N)=C/c1c(C)nc(N(CCCC)CCCC)nc1OCC. The normalized spacial score (nSPS) is 10.9. The van der Waals surface area contributed by atoms with Crippen molar-refractivity contribution in [2.24, 2.45) is 0 Å². The maximum absolute atomic E-state index is 9.01. The van der Waals surface area contributed by atoms with Crippen LogP contribution in [-0.2, 0) is 0 Å². The standard InChI is InChI=1S/C19H27N5O/c1-6-9-11-24(12-10-7-2)19-22-15(4)17(13-16(14-20)21-5)18(23-19)25-8-3/h13H,6-12H2,1-4H3/b16-13+. The zero-order valence-electron chi connectivity index (χ0n) is 15.7. The lowest BCUT2D eigenvalue weighted by Crippen LogP contribution is -2.28. The van der Waals surface area contributed by atoms with E-state index in [-0.39, 0.29) is 5.70 Å². The molecule has 0 fully saturated rings. The first-order chi connectivity index (χ1) is 12.1. The highest BCUT2D eigenvalue weighted by Gasteiger charge is 2.16. The van der Waals surface area contributed by atoms with Crippen molar-refractivity contribution in [2.75, 3.05) is 24.6 Å². The molecule has 0 aliphatic carbocycles. The Morgan fingerprint density at radius 3 is 2.36 bits per heavy atom. The third-order valence-corrected chi connectivity index (χ3v) is 3.73. The lowest BCUT2D eigenvalue weighted by Gasteiger charge is -2.23. The Morgan fingerprint density at radius 1 is 1.24 bits per heavy atom. The lowest BCUT2D eigenvalue weighted by molar-refractivity contribution is 0.325. The quantitative estimate of drug-likeness (QED) is 0.467. The van der Waals surface area contributed by atoms with Crippen molar-refractivity contribution in [2.45, 2.75) is 53.4 Å². The van der Waals surface area contributed by atoms with E-state index < -0.39 is 0 Å². The molecule has 0 aromatic carbocycles. The van der Waals surface area contributed by atoms with E-state index in [9.17, 15) is 0 Å². The molecule has 6 heteroatoms. The van der Waals surface area contributed by atoms with Crippen molar-refractivity contribution in [1.82, 2.24) is 9.97 Å². The van der Waals surface area contributed by atoms with Crippen LogP contribution in [0.15, 0.2) is 5.70 Å². The minimum atomic E-state index is -0.00535. The van der Waals surface area contributed by atoms with E-state index in [1.54, 1.807) is 0 Å². The van der Waals surface area contributed by atoms with Crippen molar-refractivity contribution in [1.29, 1.82) is 5.26 Å². The highest BCUT2D eigenvalue weighted by atomic mass is 16.5. The summed E-state index contributed by atoms with van der Waals surface area (Å²) in [7, 11) is 0. The molecule has 0 bridgehead atoms. The fourth-order valence-corrected chi connectivity index (χ4v) is 2.33. The van der Waals surface area contributed by atoms with Gasteiger partial charge in [-0.25, -0.2) is 15.1 Å². The Hall–Kier alpha value is -2.60. The Bertz CT molecular complexity index is 646. The average Bonchev–Trinajstić information content (AvgIpc) is 2.61. The third-order valence-electron chi connectivity index (χ3n) is 3.73.